The fourth-order valence-electron chi connectivity index (χ4n) is 8.54. The molecule has 0 bridgehead atoms. The van der Waals surface area contributed by atoms with Crippen LogP contribution < -0.4 is 4.43 Å². The molecule has 0 aliphatic rings. The summed E-state index contributed by atoms with van der Waals surface area (Å²) in [4.78, 5) is 0. The van der Waals surface area contributed by atoms with Crippen LogP contribution in [0.1, 0.15) is 151 Å². The van der Waals surface area contributed by atoms with Gasteiger partial charge in [0.05, 0.1) is 13.5 Å². The van der Waals surface area contributed by atoms with E-state index in [9.17, 15) is 13.2 Å². The van der Waals surface area contributed by atoms with Gasteiger partial charge in [0, 0.05) is 13.5 Å². The molecule has 1 unspecified atom stereocenters. The van der Waals surface area contributed by atoms with E-state index < -0.39 is 75.9 Å². The monoisotopic (exact) mass is 819 g/mol. The highest BCUT2D eigenvalue weighted by Gasteiger charge is 2.39. The summed E-state index contributed by atoms with van der Waals surface area (Å²) in [5, 5.41) is -2.05. The lowest BCUT2D eigenvalue weighted by Crippen LogP contribution is -2.42. The fraction of sp³-hybridized carbons (Fsp3) is 0.773. The third-order valence-electron chi connectivity index (χ3n) is 13.5. The number of fused-ring (bicyclic) bond motifs is 1. The van der Waals surface area contributed by atoms with Gasteiger partial charge in [-0.1, -0.05) is 200 Å². The molecule has 1 nitrogen and oxygen atoms in total. The molecule has 0 spiro atoms. The normalized spacial score (nSPS) is 13.6. The van der Waals surface area contributed by atoms with Crippen LogP contribution in [0.4, 0.5) is 26.3 Å². The summed E-state index contributed by atoms with van der Waals surface area (Å²) >= 11 is 0. The minimum Gasteiger partial charge on any atom is -0.539 e. The van der Waals surface area contributed by atoms with Crippen LogP contribution in [-0.4, -0.2) is 24.5 Å². The van der Waals surface area contributed by atoms with Crippen LogP contribution in [-0.2, 0) is 0 Å². The Balaban J connectivity index is 2.35. The predicted octanol–water partition coefficient (Wildman–Crippen LogP) is 17.3. The summed E-state index contributed by atoms with van der Waals surface area (Å²) < 4.78 is 97.0. The Hall–Kier alpha value is -1.27. The van der Waals surface area contributed by atoms with Crippen molar-refractivity contribution in [1.82, 2.24) is 0 Å². The molecule has 10 heteroatoms. The van der Waals surface area contributed by atoms with E-state index in [1.807, 2.05) is 0 Å². The van der Waals surface area contributed by atoms with Gasteiger partial charge in [-0.3, -0.25) is 0 Å². The molecule has 2 rings (SSSR count). The Morgan fingerprint density at radius 2 is 0.852 bits per heavy atom. The third kappa shape index (κ3) is 14.6. The summed E-state index contributed by atoms with van der Waals surface area (Å²) in [5.41, 5.74) is 0. The zero-order valence-electron chi connectivity index (χ0n) is 35.3. The van der Waals surface area contributed by atoms with E-state index in [0.29, 0.717) is 24.2 Å². The number of benzene rings is 2. The van der Waals surface area contributed by atoms with Gasteiger partial charge in [-0.2, -0.15) is 4.39 Å². The maximum absolute atomic E-state index is 16.1. The van der Waals surface area contributed by atoms with Crippen molar-refractivity contribution in [2.45, 2.75) is 218 Å². The van der Waals surface area contributed by atoms with E-state index in [2.05, 4.69) is 48.1 Å². The van der Waals surface area contributed by atoms with Crippen LogP contribution in [0, 0.1) is 34.9 Å². The van der Waals surface area contributed by atoms with Crippen molar-refractivity contribution in [3.05, 3.63) is 41.0 Å². The molecule has 0 saturated carbocycles. The van der Waals surface area contributed by atoms with Gasteiger partial charge in [0.25, 0.3) is 8.32 Å². The van der Waals surface area contributed by atoms with Gasteiger partial charge in [0.2, 0.25) is 5.82 Å². The van der Waals surface area contributed by atoms with Crippen LogP contribution in [0.25, 0.3) is 10.8 Å². The van der Waals surface area contributed by atoms with E-state index >= 15 is 13.2 Å². The smallest absolute Gasteiger partial charge is 0.251 e. The molecule has 312 valence electrons. The number of unbranched alkanes of at least 4 members (excludes halogenated alkanes) is 14. The quantitative estimate of drug-likeness (QED) is 0.0242. The molecular weight excluding hydrogens is 743 g/mol. The molecule has 54 heavy (non-hydrogen) atoms. The molecule has 0 radical (unpaired) electrons. The largest absolute Gasteiger partial charge is 0.539 e. The van der Waals surface area contributed by atoms with Crippen molar-refractivity contribution in [2.75, 3.05) is 0 Å². The van der Waals surface area contributed by atoms with Gasteiger partial charge in [-0.15, -0.1) is 0 Å². The molecule has 0 amide bonds. The van der Waals surface area contributed by atoms with Crippen molar-refractivity contribution < 1.29 is 30.8 Å². The molecule has 0 aliphatic heterocycles. The average molecular weight is 819 g/mol. The van der Waals surface area contributed by atoms with E-state index in [1.165, 1.54) is 80.8 Å². The van der Waals surface area contributed by atoms with Crippen LogP contribution in [0.2, 0.25) is 67.0 Å². The maximum atomic E-state index is 16.1. The third-order valence-corrected chi connectivity index (χ3v) is 28.8. The molecule has 0 N–H and O–H groups in total. The van der Waals surface area contributed by atoms with Crippen molar-refractivity contribution in [2.24, 2.45) is 0 Å². The van der Waals surface area contributed by atoms with Crippen LogP contribution in [0.5, 0.6) is 5.75 Å². The highest BCUT2D eigenvalue weighted by Crippen LogP contribution is 2.40. The highest BCUT2D eigenvalue weighted by molar-refractivity contribution is 6.79. The van der Waals surface area contributed by atoms with Gasteiger partial charge < -0.3 is 4.43 Å². The Morgan fingerprint density at radius 1 is 0.444 bits per heavy atom. The molecule has 0 saturated heterocycles. The van der Waals surface area contributed by atoms with Crippen molar-refractivity contribution in [3.63, 3.8) is 0 Å². The topological polar surface area (TPSA) is 9.23 Å². The Kier molecular flexibility index (Phi) is 22.8. The van der Waals surface area contributed by atoms with Crippen molar-refractivity contribution >= 4 is 35.2 Å². The molecule has 1 atom stereocenters. The Morgan fingerprint density at radius 3 is 1.30 bits per heavy atom. The number of rotatable bonds is 31. The molecule has 2 aromatic carbocycles. The first-order valence-corrected chi connectivity index (χ1v) is 30.6. The zero-order valence-corrected chi connectivity index (χ0v) is 38.3. The van der Waals surface area contributed by atoms with E-state index in [4.69, 9.17) is 4.43 Å². The molecule has 0 heterocycles. The average Bonchev–Trinajstić information content (AvgIpc) is 3.18. The number of hydrogen-bond donors (Lipinski definition) is 0. The SMILES string of the molecule is CCCCCCCCC[Si](CCCCCCCC[Si](C)(CC)CC)(CCCCCC[Si](CC)(CC)CC)Oc1c(F)c(F)c2c(F)c(F)c(F)cc2c1F. The van der Waals surface area contributed by atoms with Crippen LogP contribution >= 0.6 is 0 Å². The second-order valence-electron chi connectivity index (χ2n) is 17.0. The van der Waals surface area contributed by atoms with Gasteiger partial charge in [-0.05, 0) is 24.2 Å². The second kappa shape index (κ2) is 25.2. The summed E-state index contributed by atoms with van der Waals surface area (Å²) in [6.45, 7) is 16.4. The highest BCUT2D eigenvalue weighted by atomic mass is 28.4. The lowest BCUT2D eigenvalue weighted by atomic mass is 10.1. The first-order chi connectivity index (χ1) is 25.8. The summed E-state index contributed by atoms with van der Waals surface area (Å²) in [5.74, 6) is -11.2. The van der Waals surface area contributed by atoms with Crippen LogP contribution in [0.15, 0.2) is 6.07 Å². The Labute approximate surface area is 329 Å². The lowest BCUT2D eigenvalue weighted by molar-refractivity contribution is 0.406. The first kappa shape index (κ1) is 48.9. The summed E-state index contributed by atoms with van der Waals surface area (Å²) in [6, 6.07) is 11.8. The minimum absolute atomic E-state index is 0.413. The molecular formula is C44H76F6OSi3. The summed E-state index contributed by atoms with van der Waals surface area (Å²) in [7, 11) is -5.25. The standard InChI is InChI=1S/C44H76F6OSi3/c1-8-14-15-16-17-21-27-32-54(34-29-24-23-26-31-53(11-4,12-5)13-6,33-28-22-19-18-20-25-30-52(7,9-2)10-3)51-44-39(46)36-35-37(45)40(47)41(48)38(36)42(49)43(44)50/h35H,8-34H2,1-7H3. The van der Waals surface area contributed by atoms with Gasteiger partial charge in [0.15, 0.2) is 34.8 Å². The predicted molar refractivity (Wildman–Crippen MR) is 228 cm³/mol. The van der Waals surface area contributed by atoms with Crippen molar-refractivity contribution in [1.29, 1.82) is 0 Å². The van der Waals surface area contributed by atoms with E-state index in [1.54, 1.807) is 0 Å². The molecule has 2 aromatic rings. The van der Waals surface area contributed by atoms with Gasteiger partial charge >= 0.3 is 0 Å². The van der Waals surface area contributed by atoms with E-state index in [-0.39, 0.29) is 0 Å². The number of halogens is 6. The zero-order chi connectivity index (χ0) is 40.2. The Bertz CT molecular complexity index is 1360. The van der Waals surface area contributed by atoms with Crippen LogP contribution in [0.3, 0.4) is 0 Å². The second-order valence-corrected chi connectivity index (χ2v) is 32.2. The van der Waals surface area contributed by atoms with Gasteiger partial charge in [0.1, 0.15) is 0 Å². The molecule has 0 fully saturated rings. The number of hydrogen-bond acceptors (Lipinski definition) is 1. The first-order valence-electron chi connectivity index (χ1n) is 22.1. The fourth-order valence-corrected chi connectivity index (χ4v) is 18.8. The van der Waals surface area contributed by atoms with Crippen molar-refractivity contribution in [3.8, 4) is 5.75 Å². The molecule has 0 aromatic heterocycles. The maximum Gasteiger partial charge on any atom is 0.251 e. The molecule has 0 aliphatic carbocycles. The van der Waals surface area contributed by atoms with Gasteiger partial charge in [-0.25, -0.2) is 22.0 Å². The lowest BCUT2D eigenvalue weighted by Gasteiger charge is -2.33. The minimum atomic E-state index is -2.94. The summed E-state index contributed by atoms with van der Waals surface area (Å²) in [6.07, 6.45) is 18.4. The van der Waals surface area contributed by atoms with E-state index in [0.717, 1.165) is 70.6 Å².